The third-order valence-electron chi connectivity index (χ3n) is 5.11. The van der Waals surface area contributed by atoms with E-state index in [2.05, 4.69) is 13.8 Å². The van der Waals surface area contributed by atoms with Gasteiger partial charge in [-0.1, -0.05) is 26.7 Å². The van der Waals surface area contributed by atoms with Crippen molar-refractivity contribution in [2.45, 2.75) is 119 Å². The van der Waals surface area contributed by atoms with E-state index in [4.69, 9.17) is 48.0 Å². The van der Waals surface area contributed by atoms with Crippen molar-refractivity contribution in [3.8, 4) is 0 Å². The fourth-order valence-electron chi connectivity index (χ4n) is 3.12. The van der Waals surface area contributed by atoms with Crippen LogP contribution in [0.1, 0.15) is 102 Å². The highest BCUT2D eigenvalue weighted by Crippen LogP contribution is 2.12. The third-order valence-corrected chi connectivity index (χ3v) is 5.11. The molecule has 1 rings (SSSR count). The molecule has 1 aromatic carbocycles. The molecule has 1 aromatic rings. The van der Waals surface area contributed by atoms with E-state index in [1.165, 1.54) is 24.3 Å². The lowest BCUT2D eigenvalue weighted by Crippen LogP contribution is -2.28. The van der Waals surface area contributed by atoms with Gasteiger partial charge in [-0.25, -0.2) is 9.59 Å². The number of unbranched alkanes of at least 4 members (excludes halogenated alkanes) is 2. The second-order valence-corrected chi connectivity index (χ2v) is 8.91. The number of benzene rings is 1. The van der Waals surface area contributed by atoms with Crippen molar-refractivity contribution in [1.82, 2.24) is 0 Å². The van der Waals surface area contributed by atoms with E-state index in [1.54, 1.807) is 41.5 Å². The van der Waals surface area contributed by atoms with Crippen LogP contribution in [0.15, 0.2) is 24.3 Å². The van der Waals surface area contributed by atoms with Gasteiger partial charge in [-0.3, -0.25) is 9.78 Å². The maximum atomic E-state index is 12.3. The number of carbonyl (C=O) groups excluding carboxylic acids is 2. The molecular weight excluding hydrogens is 528 g/mol. The third kappa shape index (κ3) is 16.2. The van der Waals surface area contributed by atoms with Gasteiger partial charge in [0.15, 0.2) is 25.2 Å². The van der Waals surface area contributed by atoms with Crippen LogP contribution in [0.2, 0.25) is 0 Å². The van der Waals surface area contributed by atoms with Crippen LogP contribution in [0, 0.1) is 0 Å². The van der Waals surface area contributed by atoms with Gasteiger partial charge < -0.3 is 28.4 Å². The monoisotopic (exact) mass is 574 g/mol. The minimum Gasteiger partial charge on any atom is -0.353 e. The zero-order valence-electron chi connectivity index (χ0n) is 24.9. The summed E-state index contributed by atoms with van der Waals surface area (Å²) in [4.78, 5) is 44.2. The molecule has 230 valence electrons. The summed E-state index contributed by atoms with van der Waals surface area (Å²) in [5, 5.41) is 0. The average molecular weight is 575 g/mol. The predicted molar refractivity (Wildman–Crippen MR) is 142 cm³/mol. The van der Waals surface area contributed by atoms with Gasteiger partial charge >= 0.3 is 11.9 Å². The minimum absolute atomic E-state index is 0.143. The van der Waals surface area contributed by atoms with Gasteiger partial charge in [0.05, 0.1) is 11.1 Å². The van der Waals surface area contributed by atoms with Crippen LogP contribution in [0.4, 0.5) is 0 Å². The first kappa shape index (κ1) is 35.9. The first-order chi connectivity index (χ1) is 19.0. The predicted octanol–water partition coefficient (Wildman–Crippen LogP) is 5.64. The van der Waals surface area contributed by atoms with E-state index >= 15 is 0 Å². The van der Waals surface area contributed by atoms with Crippen LogP contribution in [0.3, 0.4) is 0 Å². The zero-order chi connectivity index (χ0) is 29.9. The van der Waals surface area contributed by atoms with E-state index in [9.17, 15) is 9.59 Å². The Morgan fingerprint density at radius 3 is 1.20 bits per heavy atom. The number of hydrogen-bond donors (Lipinski definition) is 0. The second kappa shape index (κ2) is 20.7. The van der Waals surface area contributed by atoms with Crippen molar-refractivity contribution >= 4 is 11.9 Å². The van der Waals surface area contributed by atoms with Crippen molar-refractivity contribution in [2.75, 3.05) is 13.2 Å². The van der Waals surface area contributed by atoms with Crippen LogP contribution in [0.5, 0.6) is 0 Å². The summed E-state index contributed by atoms with van der Waals surface area (Å²) in [7, 11) is 0. The highest BCUT2D eigenvalue weighted by atomic mass is 17.2. The van der Waals surface area contributed by atoms with Crippen LogP contribution >= 0.6 is 0 Å². The molecule has 6 unspecified atom stereocenters. The molecule has 0 heterocycles. The Morgan fingerprint density at radius 2 is 0.875 bits per heavy atom. The molecule has 0 aromatic heterocycles. The Bertz CT molecular complexity index is 751. The molecule has 0 bridgehead atoms. The molecule has 0 fully saturated rings. The summed E-state index contributed by atoms with van der Waals surface area (Å²) in [5.41, 5.74) is 0.287. The maximum absolute atomic E-state index is 12.3. The minimum atomic E-state index is -0.901. The largest absolute Gasteiger partial charge is 0.373 e. The summed E-state index contributed by atoms with van der Waals surface area (Å²) >= 11 is 0. The van der Waals surface area contributed by atoms with E-state index in [-0.39, 0.29) is 11.1 Å². The van der Waals surface area contributed by atoms with Crippen molar-refractivity contribution in [3.63, 3.8) is 0 Å². The standard InChI is InChI=1S/C28H46O12/c1-9-11-17-31-19(3)33-21(5)35-23(7)37-39-27(29)25-13-15-26(16-14-25)28(30)40-38-24(8)36-22(6)34-20(4)32-18-12-10-2/h13-16,19-24H,9-12,17-18H2,1-8H3. The molecule has 12 nitrogen and oxygen atoms in total. The Balaban J connectivity index is 2.37. The lowest BCUT2D eigenvalue weighted by atomic mass is 10.1. The molecule has 0 aliphatic heterocycles. The Morgan fingerprint density at radius 1 is 0.550 bits per heavy atom. The number of ether oxygens (including phenoxy) is 6. The molecule has 0 N–H and O–H groups in total. The summed E-state index contributed by atoms with van der Waals surface area (Å²) in [5.74, 6) is -1.55. The Kier molecular flexibility index (Phi) is 18.5. The Labute approximate surface area is 237 Å². The van der Waals surface area contributed by atoms with E-state index < -0.39 is 49.7 Å². The molecule has 0 aliphatic carbocycles. The fourth-order valence-corrected chi connectivity index (χ4v) is 3.12. The summed E-state index contributed by atoms with van der Waals surface area (Å²) in [6.07, 6.45) is -0.102. The molecule has 12 heteroatoms. The van der Waals surface area contributed by atoms with Crippen LogP contribution in [0.25, 0.3) is 0 Å². The van der Waals surface area contributed by atoms with Gasteiger partial charge in [-0.15, -0.1) is 0 Å². The van der Waals surface area contributed by atoms with Crippen molar-refractivity contribution in [1.29, 1.82) is 0 Å². The van der Waals surface area contributed by atoms with Gasteiger partial charge in [0.25, 0.3) is 0 Å². The molecule has 0 saturated heterocycles. The van der Waals surface area contributed by atoms with Crippen LogP contribution < -0.4 is 0 Å². The lowest BCUT2D eigenvalue weighted by Gasteiger charge is -2.22. The molecule has 0 radical (unpaired) electrons. The molecule has 40 heavy (non-hydrogen) atoms. The van der Waals surface area contributed by atoms with Crippen molar-refractivity contribution < 1.29 is 57.6 Å². The Hall–Kier alpha value is -2.16. The summed E-state index contributed by atoms with van der Waals surface area (Å²) in [6.45, 7) is 15.3. The first-order valence-electron chi connectivity index (χ1n) is 13.8. The fraction of sp³-hybridized carbons (Fsp3) is 0.714. The van der Waals surface area contributed by atoms with Crippen molar-refractivity contribution in [2.24, 2.45) is 0 Å². The number of hydrogen-bond acceptors (Lipinski definition) is 12. The van der Waals surface area contributed by atoms with Gasteiger partial charge in [-0.2, -0.15) is 9.78 Å². The quantitative estimate of drug-likeness (QED) is 0.0736. The number of carbonyl (C=O) groups is 2. The van der Waals surface area contributed by atoms with Gasteiger partial charge in [0.1, 0.15) is 0 Å². The van der Waals surface area contributed by atoms with Gasteiger partial charge in [-0.05, 0) is 78.6 Å². The average Bonchev–Trinajstić information content (AvgIpc) is 2.90. The normalized spacial score (nSPS) is 16.0. The SMILES string of the molecule is CCCCOC(C)OC(C)OC(C)OOC(=O)c1ccc(C(=O)OOC(C)OC(C)OC(C)OCCCC)cc1. The van der Waals surface area contributed by atoms with Crippen LogP contribution in [-0.4, -0.2) is 62.9 Å². The zero-order valence-corrected chi connectivity index (χ0v) is 24.9. The lowest BCUT2D eigenvalue weighted by molar-refractivity contribution is -0.369. The highest BCUT2D eigenvalue weighted by molar-refractivity contribution is 5.92. The van der Waals surface area contributed by atoms with E-state index in [1.807, 2.05) is 0 Å². The maximum Gasteiger partial charge on any atom is 0.373 e. The van der Waals surface area contributed by atoms with Gasteiger partial charge in [0, 0.05) is 13.2 Å². The molecule has 0 amide bonds. The topological polar surface area (TPSA) is 126 Å². The molecular formula is C28H46O12. The highest BCUT2D eigenvalue weighted by Gasteiger charge is 2.19. The number of rotatable bonds is 22. The van der Waals surface area contributed by atoms with E-state index in [0.717, 1.165) is 25.7 Å². The summed E-state index contributed by atoms with van der Waals surface area (Å²) < 4.78 is 33.0. The molecule has 0 aliphatic rings. The van der Waals surface area contributed by atoms with E-state index in [0.29, 0.717) is 13.2 Å². The molecule has 0 saturated carbocycles. The second-order valence-electron chi connectivity index (χ2n) is 8.91. The smallest absolute Gasteiger partial charge is 0.353 e. The first-order valence-corrected chi connectivity index (χ1v) is 13.8. The van der Waals surface area contributed by atoms with Gasteiger partial charge in [0.2, 0.25) is 12.6 Å². The van der Waals surface area contributed by atoms with Crippen molar-refractivity contribution in [3.05, 3.63) is 35.4 Å². The summed E-state index contributed by atoms with van der Waals surface area (Å²) in [6, 6.07) is 5.52. The molecule has 6 atom stereocenters. The van der Waals surface area contributed by atoms with Crippen LogP contribution in [-0.2, 0) is 48.0 Å². The molecule has 0 spiro atoms.